The van der Waals surface area contributed by atoms with E-state index in [0.29, 0.717) is 0 Å². The molecule has 0 saturated carbocycles. The van der Waals surface area contributed by atoms with E-state index < -0.39 is 0 Å². The van der Waals surface area contributed by atoms with Crippen molar-refractivity contribution < 1.29 is 0 Å². The molecule has 1 N–H and O–H groups in total. The number of aryl methyl sites for hydroxylation is 2. The third-order valence-corrected chi connectivity index (χ3v) is 3.42. The monoisotopic (exact) mass is 277 g/mol. The maximum absolute atomic E-state index is 6.13. The normalized spacial score (nSPS) is 12.6. The Hall–Kier alpha value is -1.32. The van der Waals surface area contributed by atoms with Crippen LogP contribution in [0.1, 0.15) is 36.2 Å². The molecule has 2 aromatic rings. The van der Waals surface area contributed by atoms with E-state index in [9.17, 15) is 0 Å². The molecule has 0 aliphatic rings. The van der Waals surface area contributed by atoms with Gasteiger partial charge in [0.1, 0.15) is 0 Å². The van der Waals surface area contributed by atoms with Gasteiger partial charge in [0.25, 0.3) is 0 Å². The molecule has 0 saturated heterocycles. The van der Waals surface area contributed by atoms with Crippen LogP contribution in [0.15, 0.2) is 30.5 Å². The first-order valence-electron chi connectivity index (χ1n) is 6.60. The Labute approximate surface area is 119 Å². The molecule has 0 bridgehead atoms. The van der Waals surface area contributed by atoms with Gasteiger partial charge in [0, 0.05) is 18.3 Å². The zero-order valence-electron chi connectivity index (χ0n) is 11.7. The maximum atomic E-state index is 6.13. The number of nitrogens with one attached hydrogen (secondary N) is 1. The predicted molar refractivity (Wildman–Crippen MR) is 79.5 cm³/mol. The molecule has 3 nitrogen and oxygen atoms in total. The van der Waals surface area contributed by atoms with Crippen molar-refractivity contribution in [2.45, 2.75) is 26.3 Å². The molecule has 19 heavy (non-hydrogen) atoms. The maximum Gasteiger partial charge on any atom is 0.0839 e. The zero-order valence-corrected chi connectivity index (χ0v) is 12.4. The highest BCUT2D eigenvalue weighted by Gasteiger charge is 2.18. The van der Waals surface area contributed by atoms with Crippen molar-refractivity contribution in [3.05, 3.63) is 52.3 Å². The summed E-state index contributed by atoms with van der Waals surface area (Å²) < 4.78 is 1.83. The summed E-state index contributed by atoms with van der Waals surface area (Å²) in [4.78, 5) is 0. The lowest BCUT2D eigenvalue weighted by atomic mass is 9.98. The molecule has 1 aromatic heterocycles. The van der Waals surface area contributed by atoms with Crippen LogP contribution in [-0.2, 0) is 7.05 Å². The molecule has 4 heteroatoms. The largest absolute Gasteiger partial charge is 0.305 e. The fraction of sp³-hybridized carbons (Fsp3) is 0.400. The average Bonchev–Trinajstić information content (AvgIpc) is 2.80. The van der Waals surface area contributed by atoms with E-state index in [4.69, 9.17) is 11.6 Å². The minimum atomic E-state index is 0.0971. The molecule has 1 unspecified atom stereocenters. The zero-order chi connectivity index (χ0) is 13.8. The van der Waals surface area contributed by atoms with E-state index in [1.165, 1.54) is 11.1 Å². The number of hydrogen-bond donors (Lipinski definition) is 1. The number of nitrogens with zero attached hydrogens (tertiary/aromatic N) is 2. The Kier molecular flexibility index (Phi) is 4.61. The van der Waals surface area contributed by atoms with Gasteiger partial charge in [-0.1, -0.05) is 24.6 Å². The quantitative estimate of drug-likeness (QED) is 0.907. The van der Waals surface area contributed by atoms with E-state index in [2.05, 4.69) is 30.3 Å². The molecule has 1 heterocycles. The molecule has 1 atom stereocenters. The van der Waals surface area contributed by atoms with Crippen molar-refractivity contribution in [1.82, 2.24) is 15.1 Å². The second-order valence-electron chi connectivity index (χ2n) is 4.80. The average molecular weight is 278 g/mol. The van der Waals surface area contributed by atoms with Crippen LogP contribution in [0.25, 0.3) is 0 Å². The first-order valence-corrected chi connectivity index (χ1v) is 6.98. The third kappa shape index (κ3) is 3.37. The van der Waals surface area contributed by atoms with Gasteiger partial charge in [-0.2, -0.15) is 5.10 Å². The summed E-state index contributed by atoms with van der Waals surface area (Å²) in [6.45, 7) is 5.22. The van der Waals surface area contributed by atoms with Gasteiger partial charge in [-0.3, -0.25) is 4.68 Å². The molecular weight excluding hydrogens is 258 g/mol. The van der Waals surface area contributed by atoms with Gasteiger partial charge >= 0.3 is 0 Å². The Bertz CT molecular complexity index is 548. The smallest absolute Gasteiger partial charge is 0.0839 e. The molecule has 0 fully saturated rings. The first kappa shape index (κ1) is 14.1. The van der Waals surface area contributed by atoms with E-state index in [-0.39, 0.29) is 6.04 Å². The van der Waals surface area contributed by atoms with Crippen LogP contribution in [-0.4, -0.2) is 16.3 Å². The number of rotatable bonds is 5. The Morgan fingerprint density at radius 2 is 2.16 bits per heavy atom. The van der Waals surface area contributed by atoms with Crippen LogP contribution in [0.4, 0.5) is 0 Å². The molecule has 1 aromatic carbocycles. The summed E-state index contributed by atoms with van der Waals surface area (Å²) in [6.07, 6.45) is 3.05. The molecule has 0 aliphatic carbocycles. The van der Waals surface area contributed by atoms with E-state index in [1.54, 1.807) is 0 Å². The molecule has 0 spiro atoms. The van der Waals surface area contributed by atoms with Gasteiger partial charge in [0.15, 0.2) is 0 Å². The second kappa shape index (κ2) is 6.22. The minimum Gasteiger partial charge on any atom is -0.305 e. The van der Waals surface area contributed by atoms with Crippen LogP contribution in [0.2, 0.25) is 5.02 Å². The van der Waals surface area contributed by atoms with Gasteiger partial charge in [-0.15, -0.1) is 0 Å². The number of halogens is 1. The lowest BCUT2D eigenvalue weighted by molar-refractivity contribution is 0.573. The summed E-state index contributed by atoms with van der Waals surface area (Å²) >= 11 is 6.13. The van der Waals surface area contributed by atoms with E-state index >= 15 is 0 Å². The molecule has 2 rings (SSSR count). The first-order chi connectivity index (χ1) is 9.11. The van der Waals surface area contributed by atoms with Crippen LogP contribution >= 0.6 is 11.6 Å². The minimum absolute atomic E-state index is 0.0971. The van der Waals surface area contributed by atoms with Gasteiger partial charge in [-0.25, -0.2) is 0 Å². The van der Waals surface area contributed by atoms with Crippen molar-refractivity contribution in [2.24, 2.45) is 7.05 Å². The third-order valence-electron chi connectivity index (χ3n) is 3.18. The topological polar surface area (TPSA) is 29.9 Å². The Morgan fingerprint density at radius 3 is 2.79 bits per heavy atom. The lowest BCUT2D eigenvalue weighted by Gasteiger charge is -2.19. The Balaban J connectivity index is 2.39. The molecular formula is C15H20ClN3. The molecule has 0 amide bonds. The van der Waals surface area contributed by atoms with E-state index in [1.807, 2.05) is 36.1 Å². The Morgan fingerprint density at radius 1 is 1.37 bits per heavy atom. The van der Waals surface area contributed by atoms with Crippen LogP contribution < -0.4 is 5.32 Å². The summed E-state index contributed by atoms with van der Waals surface area (Å²) in [5.41, 5.74) is 3.45. The highest BCUT2D eigenvalue weighted by molar-refractivity contribution is 6.30. The van der Waals surface area contributed by atoms with Gasteiger partial charge in [0.05, 0.1) is 11.7 Å². The highest BCUT2D eigenvalue weighted by Crippen LogP contribution is 2.26. The lowest BCUT2D eigenvalue weighted by Crippen LogP contribution is -2.24. The van der Waals surface area contributed by atoms with Crippen molar-refractivity contribution in [3.8, 4) is 0 Å². The second-order valence-corrected chi connectivity index (χ2v) is 5.24. The summed E-state index contributed by atoms with van der Waals surface area (Å²) in [7, 11) is 1.94. The summed E-state index contributed by atoms with van der Waals surface area (Å²) in [6, 6.07) is 8.16. The molecule has 0 radical (unpaired) electrons. The molecule has 0 aliphatic heterocycles. The summed E-state index contributed by atoms with van der Waals surface area (Å²) in [5.74, 6) is 0. The number of benzene rings is 1. The van der Waals surface area contributed by atoms with Gasteiger partial charge < -0.3 is 5.32 Å². The SMILES string of the molecule is CCCNC(c1ccn(C)n1)c1cc(Cl)ccc1C. The van der Waals surface area contributed by atoms with Crippen LogP contribution in [0.3, 0.4) is 0 Å². The number of hydrogen-bond acceptors (Lipinski definition) is 2. The van der Waals surface area contributed by atoms with Crippen LogP contribution in [0.5, 0.6) is 0 Å². The molecule has 102 valence electrons. The fourth-order valence-corrected chi connectivity index (χ4v) is 2.35. The highest BCUT2D eigenvalue weighted by atomic mass is 35.5. The standard InChI is InChI=1S/C15H20ClN3/c1-4-8-17-15(14-7-9-19(3)18-14)13-10-12(16)6-5-11(13)2/h5-7,9-10,15,17H,4,8H2,1-3H3. The van der Waals surface area contributed by atoms with Crippen LogP contribution in [0, 0.1) is 6.92 Å². The fourth-order valence-electron chi connectivity index (χ4n) is 2.17. The van der Waals surface area contributed by atoms with Gasteiger partial charge in [-0.05, 0) is 49.2 Å². The number of aromatic nitrogens is 2. The predicted octanol–water partition coefficient (Wildman–Crippen LogP) is 3.47. The van der Waals surface area contributed by atoms with Crippen molar-refractivity contribution >= 4 is 11.6 Å². The van der Waals surface area contributed by atoms with E-state index in [0.717, 1.165) is 23.7 Å². The van der Waals surface area contributed by atoms with Crippen molar-refractivity contribution in [2.75, 3.05) is 6.54 Å². The van der Waals surface area contributed by atoms with Crippen molar-refractivity contribution in [1.29, 1.82) is 0 Å². The van der Waals surface area contributed by atoms with Crippen molar-refractivity contribution in [3.63, 3.8) is 0 Å². The van der Waals surface area contributed by atoms with Gasteiger partial charge in [0.2, 0.25) is 0 Å². The summed E-state index contributed by atoms with van der Waals surface area (Å²) in [5, 5.41) is 8.83.